The molecule has 0 saturated carbocycles. The number of nitrogens with one attached hydrogen (secondary N) is 1. The second kappa shape index (κ2) is 8.12. The van der Waals surface area contributed by atoms with Crippen LogP contribution in [0.25, 0.3) is 0 Å². The average molecular weight is 382 g/mol. The van der Waals surface area contributed by atoms with Gasteiger partial charge in [0.1, 0.15) is 11.5 Å². The minimum absolute atomic E-state index is 0.0802. The molecule has 0 saturated heterocycles. The van der Waals surface area contributed by atoms with Crippen molar-refractivity contribution in [3.8, 4) is 23.3 Å². The number of carbonyl (C=O) groups is 1. The first-order valence-corrected chi connectivity index (χ1v) is 9.54. The third kappa shape index (κ3) is 3.81. The molecule has 29 heavy (non-hydrogen) atoms. The van der Waals surface area contributed by atoms with Crippen molar-refractivity contribution in [3.05, 3.63) is 89.5 Å². The highest BCUT2D eigenvalue weighted by Gasteiger charge is 2.31. The molecule has 3 aromatic rings. The summed E-state index contributed by atoms with van der Waals surface area (Å²) in [5, 5.41) is 2.97. The fourth-order valence-corrected chi connectivity index (χ4v) is 3.53. The van der Waals surface area contributed by atoms with E-state index in [0.29, 0.717) is 0 Å². The molecule has 3 aromatic carbocycles. The first-order chi connectivity index (χ1) is 14.1. The molecule has 0 radical (unpaired) electrons. The first-order valence-electron chi connectivity index (χ1n) is 9.54. The van der Waals surface area contributed by atoms with Gasteiger partial charge in [-0.15, -0.1) is 0 Å². The van der Waals surface area contributed by atoms with Crippen LogP contribution in [-0.2, 0) is 4.79 Å². The van der Waals surface area contributed by atoms with Crippen LogP contribution in [0.15, 0.2) is 72.8 Å². The molecule has 0 fully saturated rings. The number of anilines is 1. The minimum Gasteiger partial charge on any atom is -0.457 e. The summed E-state index contributed by atoms with van der Waals surface area (Å²) < 4.78 is 5.96. The zero-order valence-electron chi connectivity index (χ0n) is 16.5. The Morgan fingerprint density at radius 2 is 1.52 bits per heavy atom. The van der Waals surface area contributed by atoms with Crippen molar-refractivity contribution in [2.24, 2.45) is 0 Å². The van der Waals surface area contributed by atoms with Crippen LogP contribution in [0.1, 0.15) is 22.6 Å². The predicted octanol–water partition coefficient (Wildman–Crippen LogP) is 4.16. The molecule has 0 unspecified atom stereocenters. The molecule has 0 spiro atoms. The lowest BCUT2D eigenvalue weighted by molar-refractivity contribution is -0.121. The molecule has 1 aliphatic rings. The lowest BCUT2D eigenvalue weighted by Gasteiger charge is -2.27. The van der Waals surface area contributed by atoms with Crippen molar-refractivity contribution < 1.29 is 9.53 Å². The summed E-state index contributed by atoms with van der Waals surface area (Å²) in [6, 6.07) is 23.3. The van der Waals surface area contributed by atoms with Gasteiger partial charge in [0.05, 0.1) is 18.2 Å². The third-order valence-electron chi connectivity index (χ3n) is 4.90. The van der Waals surface area contributed by atoms with Gasteiger partial charge in [-0.05, 0) is 24.3 Å². The molecule has 0 bridgehead atoms. The van der Waals surface area contributed by atoms with Gasteiger partial charge in [0.25, 0.3) is 0 Å². The molecule has 0 aliphatic carbocycles. The standard InChI is InChI=1S/C25H22N2O2/c1-27(2)21-14-6-3-10-18(21)11-9-17-26-25(28)24-19-12-4-7-15-22(19)29-23-16-8-5-13-20(23)24/h3-8,10,12-16,24H,17H2,1-2H3,(H,26,28). The van der Waals surface area contributed by atoms with Gasteiger partial charge in [-0.3, -0.25) is 4.79 Å². The van der Waals surface area contributed by atoms with Crippen molar-refractivity contribution in [3.63, 3.8) is 0 Å². The summed E-state index contributed by atoms with van der Waals surface area (Å²) in [6.45, 7) is 0.280. The monoisotopic (exact) mass is 382 g/mol. The Kier molecular flexibility index (Phi) is 5.22. The number of nitrogens with zero attached hydrogens (tertiary/aromatic N) is 1. The van der Waals surface area contributed by atoms with E-state index in [1.165, 1.54) is 0 Å². The van der Waals surface area contributed by atoms with E-state index in [-0.39, 0.29) is 12.5 Å². The summed E-state index contributed by atoms with van der Waals surface area (Å²) in [6.07, 6.45) is 0. The average Bonchev–Trinajstić information content (AvgIpc) is 2.75. The maximum Gasteiger partial charge on any atom is 0.233 e. The summed E-state index contributed by atoms with van der Waals surface area (Å²) in [5.41, 5.74) is 3.73. The molecule has 4 heteroatoms. The Morgan fingerprint density at radius 3 is 2.17 bits per heavy atom. The summed E-state index contributed by atoms with van der Waals surface area (Å²) >= 11 is 0. The molecule has 0 atom stereocenters. The summed E-state index contributed by atoms with van der Waals surface area (Å²) in [5.74, 6) is 7.18. The van der Waals surface area contributed by atoms with Crippen LogP contribution in [0.5, 0.6) is 11.5 Å². The number of rotatable bonds is 3. The Labute approximate surface area is 171 Å². The van der Waals surface area contributed by atoms with Gasteiger partial charge < -0.3 is 15.0 Å². The van der Waals surface area contributed by atoms with Gasteiger partial charge in [-0.2, -0.15) is 0 Å². The number of benzene rings is 3. The number of carbonyl (C=O) groups excluding carboxylic acids is 1. The van der Waals surface area contributed by atoms with Gasteiger partial charge in [-0.25, -0.2) is 0 Å². The van der Waals surface area contributed by atoms with E-state index in [9.17, 15) is 4.79 Å². The molecule has 1 aliphatic heterocycles. The van der Waals surface area contributed by atoms with Gasteiger partial charge >= 0.3 is 0 Å². The number of hydrogen-bond acceptors (Lipinski definition) is 3. The molecular formula is C25H22N2O2. The molecule has 1 heterocycles. The summed E-state index contributed by atoms with van der Waals surface area (Å²) in [4.78, 5) is 15.1. The fraction of sp³-hybridized carbons (Fsp3) is 0.160. The summed E-state index contributed by atoms with van der Waals surface area (Å²) in [7, 11) is 3.98. The van der Waals surface area contributed by atoms with Crippen molar-refractivity contribution >= 4 is 11.6 Å². The van der Waals surface area contributed by atoms with Crippen LogP contribution in [0.4, 0.5) is 5.69 Å². The fourth-order valence-electron chi connectivity index (χ4n) is 3.53. The highest BCUT2D eigenvalue weighted by atomic mass is 16.5. The van der Waals surface area contributed by atoms with Crippen LogP contribution in [-0.4, -0.2) is 26.5 Å². The van der Waals surface area contributed by atoms with Gasteiger partial charge in [0, 0.05) is 30.8 Å². The van der Waals surface area contributed by atoms with E-state index >= 15 is 0 Å². The van der Waals surface area contributed by atoms with Crippen molar-refractivity contribution in [1.82, 2.24) is 5.32 Å². The second-order valence-electron chi connectivity index (χ2n) is 7.04. The van der Waals surface area contributed by atoms with Crippen molar-refractivity contribution in [1.29, 1.82) is 0 Å². The molecule has 1 N–H and O–H groups in total. The maximum atomic E-state index is 13.1. The van der Waals surface area contributed by atoms with Crippen molar-refractivity contribution in [2.75, 3.05) is 25.5 Å². The molecule has 1 amide bonds. The largest absolute Gasteiger partial charge is 0.457 e. The maximum absolute atomic E-state index is 13.1. The first kappa shape index (κ1) is 18.6. The number of hydrogen-bond donors (Lipinski definition) is 1. The zero-order valence-corrected chi connectivity index (χ0v) is 16.5. The Hall–Kier alpha value is -3.71. The molecule has 144 valence electrons. The normalized spacial score (nSPS) is 11.9. The molecule has 4 nitrogen and oxygen atoms in total. The van der Waals surface area contributed by atoms with Crippen LogP contribution >= 0.6 is 0 Å². The van der Waals surface area contributed by atoms with Crippen molar-refractivity contribution in [2.45, 2.75) is 5.92 Å². The highest BCUT2D eigenvalue weighted by molar-refractivity contribution is 5.89. The second-order valence-corrected chi connectivity index (χ2v) is 7.04. The molecule has 0 aromatic heterocycles. The topological polar surface area (TPSA) is 41.6 Å². The predicted molar refractivity (Wildman–Crippen MR) is 115 cm³/mol. The van der Waals surface area contributed by atoms with E-state index in [1.54, 1.807) is 0 Å². The van der Waals surface area contributed by atoms with Crippen LogP contribution in [0.2, 0.25) is 0 Å². The van der Waals surface area contributed by atoms with Crippen LogP contribution in [0, 0.1) is 11.8 Å². The molecular weight excluding hydrogens is 360 g/mol. The smallest absolute Gasteiger partial charge is 0.233 e. The SMILES string of the molecule is CN(C)c1ccccc1C#CCNC(=O)C1c2ccccc2Oc2ccccc21. The van der Waals surface area contributed by atoms with Gasteiger partial charge in [0.15, 0.2) is 0 Å². The number of amides is 1. The van der Waals surface area contributed by atoms with Gasteiger partial charge in [0.2, 0.25) is 5.91 Å². The Morgan fingerprint density at radius 1 is 0.931 bits per heavy atom. The number of para-hydroxylation sites is 3. The van der Waals surface area contributed by atoms with E-state index in [0.717, 1.165) is 33.9 Å². The lowest BCUT2D eigenvalue weighted by atomic mass is 9.87. The Balaban J connectivity index is 1.54. The van der Waals surface area contributed by atoms with Gasteiger partial charge in [-0.1, -0.05) is 60.4 Å². The third-order valence-corrected chi connectivity index (χ3v) is 4.90. The molecule has 4 rings (SSSR count). The van der Waals surface area contributed by atoms with E-state index < -0.39 is 5.92 Å². The minimum atomic E-state index is -0.410. The van der Waals surface area contributed by atoms with E-state index in [1.807, 2.05) is 91.8 Å². The number of ether oxygens (including phenoxy) is 1. The Bertz CT molecular complexity index is 1060. The van der Waals surface area contributed by atoms with E-state index in [4.69, 9.17) is 4.74 Å². The number of fused-ring (bicyclic) bond motifs is 2. The van der Waals surface area contributed by atoms with Crippen LogP contribution in [0.3, 0.4) is 0 Å². The highest BCUT2D eigenvalue weighted by Crippen LogP contribution is 2.43. The van der Waals surface area contributed by atoms with Crippen LogP contribution < -0.4 is 15.0 Å². The van der Waals surface area contributed by atoms with E-state index in [2.05, 4.69) is 17.2 Å². The zero-order chi connectivity index (χ0) is 20.2. The quantitative estimate of drug-likeness (QED) is 0.692. The lowest BCUT2D eigenvalue weighted by Crippen LogP contribution is -2.31.